The first-order valence-electron chi connectivity index (χ1n) is 12.7. The summed E-state index contributed by atoms with van der Waals surface area (Å²) in [4.78, 5) is 32.8. The zero-order chi connectivity index (χ0) is 23.8. The topological polar surface area (TPSA) is 93.7 Å². The molecule has 3 unspecified atom stereocenters. The summed E-state index contributed by atoms with van der Waals surface area (Å²) in [5, 5.41) is 9.46. The van der Waals surface area contributed by atoms with Crippen molar-refractivity contribution in [2.24, 2.45) is 11.7 Å². The zero-order valence-electron chi connectivity index (χ0n) is 19.6. The number of amides is 2. The van der Waals surface area contributed by atoms with Crippen LogP contribution in [0.15, 0.2) is 48.5 Å². The lowest BCUT2D eigenvalue weighted by atomic mass is 9.81. The highest BCUT2D eigenvalue weighted by atomic mass is 16.2. The fourth-order valence-electron chi connectivity index (χ4n) is 7.24. The molecule has 2 aromatic rings. The van der Waals surface area contributed by atoms with Crippen LogP contribution in [0.1, 0.15) is 47.6 Å². The Kier molecular flexibility index (Phi) is 4.61. The molecule has 7 nitrogen and oxygen atoms in total. The lowest BCUT2D eigenvalue weighted by molar-refractivity contribution is -0.140. The van der Waals surface area contributed by atoms with E-state index in [2.05, 4.69) is 64.4 Å². The molecule has 0 spiro atoms. The van der Waals surface area contributed by atoms with E-state index in [4.69, 9.17) is 5.73 Å². The molecule has 7 heteroatoms. The van der Waals surface area contributed by atoms with Gasteiger partial charge in [0.2, 0.25) is 11.8 Å². The molecule has 2 aromatic carbocycles. The minimum absolute atomic E-state index is 0.0658. The predicted octanol–water partition coefficient (Wildman–Crippen LogP) is 1.81. The van der Waals surface area contributed by atoms with E-state index in [1.807, 2.05) is 0 Å². The Bertz CT molecular complexity index is 1220. The van der Waals surface area contributed by atoms with E-state index in [9.17, 15) is 14.9 Å². The molecule has 7 rings (SSSR count). The van der Waals surface area contributed by atoms with Crippen LogP contribution in [-0.4, -0.2) is 69.8 Å². The van der Waals surface area contributed by atoms with Crippen LogP contribution in [0.5, 0.6) is 0 Å². The summed E-state index contributed by atoms with van der Waals surface area (Å²) in [6.07, 6.45) is 3.43. The molecule has 0 radical (unpaired) electrons. The quantitative estimate of drug-likeness (QED) is 0.740. The number of nitriles is 1. The maximum absolute atomic E-state index is 13.8. The Labute approximate surface area is 205 Å². The van der Waals surface area contributed by atoms with E-state index in [0.717, 1.165) is 32.2 Å². The first kappa shape index (κ1) is 21.1. The molecule has 2 N–H and O–H groups in total. The van der Waals surface area contributed by atoms with Gasteiger partial charge in [-0.05, 0) is 53.9 Å². The molecule has 2 bridgehead atoms. The number of hydrogen-bond donors (Lipinski definition) is 1. The summed E-state index contributed by atoms with van der Waals surface area (Å²) in [6.45, 7) is 1.09. The van der Waals surface area contributed by atoms with Crippen LogP contribution >= 0.6 is 0 Å². The van der Waals surface area contributed by atoms with Crippen molar-refractivity contribution < 1.29 is 9.59 Å². The van der Waals surface area contributed by atoms with E-state index in [-0.39, 0.29) is 42.0 Å². The molecule has 3 aliphatic heterocycles. The summed E-state index contributed by atoms with van der Waals surface area (Å²) in [5.74, 6) is 0.467. The summed E-state index contributed by atoms with van der Waals surface area (Å²) in [6, 6.07) is 18.1. The molecule has 3 heterocycles. The number of piperazine rings is 1. The number of hydrogen-bond acceptors (Lipinski definition) is 5. The average molecular weight is 468 g/mol. The van der Waals surface area contributed by atoms with Gasteiger partial charge in [0.1, 0.15) is 6.04 Å². The number of piperidine rings is 1. The molecule has 1 saturated carbocycles. The van der Waals surface area contributed by atoms with E-state index in [1.54, 1.807) is 4.90 Å². The largest absolute Gasteiger partial charge is 0.326 e. The van der Waals surface area contributed by atoms with Gasteiger partial charge < -0.3 is 15.5 Å². The van der Waals surface area contributed by atoms with E-state index in [0.29, 0.717) is 12.5 Å². The standard InChI is InChI=1S/C28H29N5O2/c29-13-19-10-18-11-24(18)32(19)27(34)23(30)15-31-14-20-12-25(31)28(35)33(20)26-21-7-3-1-5-16(21)9-17-6-2-4-8-22(17)26/h1-8,18-20,23-26H,9-12,14-15,30H2/t18-,19?,20?,23?,24+,25+/m1/s1. The maximum atomic E-state index is 13.8. The Balaban J connectivity index is 1.11. The van der Waals surface area contributed by atoms with Gasteiger partial charge in [-0.2, -0.15) is 5.26 Å². The molecule has 5 aliphatic rings. The van der Waals surface area contributed by atoms with Crippen LogP contribution in [0.3, 0.4) is 0 Å². The fourth-order valence-corrected chi connectivity index (χ4v) is 7.24. The van der Waals surface area contributed by atoms with Gasteiger partial charge in [0.05, 0.1) is 24.2 Å². The van der Waals surface area contributed by atoms with E-state index >= 15 is 0 Å². The molecule has 3 saturated heterocycles. The van der Waals surface area contributed by atoms with E-state index in [1.165, 1.54) is 22.3 Å². The summed E-state index contributed by atoms with van der Waals surface area (Å²) >= 11 is 0. The van der Waals surface area contributed by atoms with E-state index < -0.39 is 6.04 Å². The van der Waals surface area contributed by atoms with Gasteiger partial charge in [0.25, 0.3) is 0 Å². The molecule has 2 aliphatic carbocycles. The molecule has 0 aromatic heterocycles. The highest BCUT2D eigenvalue weighted by Gasteiger charge is 2.56. The van der Waals surface area contributed by atoms with Crippen molar-refractivity contribution in [1.29, 1.82) is 5.26 Å². The Hall–Kier alpha value is -3.21. The van der Waals surface area contributed by atoms with Crippen LogP contribution in [0, 0.1) is 17.2 Å². The van der Waals surface area contributed by atoms with Crippen LogP contribution in [-0.2, 0) is 16.0 Å². The molecular formula is C28H29N5O2. The van der Waals surface area contributed by atoms with Gasteiger partial charge in [-0.1, -0.05) is 48.5 Å². The van der Waals surface area contributed by atoms with Crippen molar-refractivity contribution >= 4 is 11.8 Å². The molecule has 4 fully saturated rings. The highest BCUT2D eigenvalue weighted by Crippen LogP contribution is 2.48. The second-order valence-corrected chi connectivity index (χ2v) is 10.9. The first-order chi connectivity index (χ1) is 17.0. The van der Waals surface area contributed by atoms with Gasteiger partial charge in [-0.15, -0.1) is 0 Å². The number of carbonyl (C=O) groups excluding carboxylic acids is 2. The first-order valence-corrected chi connectivity index (χ1v) is 12.7. The number of fused-ring (bicyclic) bond motifs is 5. The van der Waals surface area contributed by atoms with Gasteiger partial charge in [0, 0.05) is 25.2 Å². The smallest absolute Gasteiger partial charge is 0.242 e. The van der Waals surface area contributed by atoms with Gasteiger partial charge in [-0.25, -0.2) is 0 Å². The number of carbonyl (C=O) groups is 2. The monoisotopic (exact) mass is 467 g/mol. The van der Waals surface area contributed by atoms with Crippen LogP contribution < -0.4 is 5.73 Å². The number of nitrogens with two attached hydrogens (primary N) is 1. The summed E-state index contributed by atoms with van der Waals surface area (Å²) in [5.41, 5.74) is 11.4. The summed E-state index contributed by atoms with van der Waals surface area (Å²) < 4.78 is 0. The number of benzene rings is 2. The summed E-state index contributed by atoms with van der Waals surface area (Å²) in [7, 11) is 0. The van der Waals surface area contributed by atoms with Crippen molar-refractivity contribution in [2.75, 3.05) is 13.1 Å². The molecule has 178 valence electrons. The van der Waals surface area contributed by atoms with Gasteiger partial charge in [-0.3, -0.25) is 14.5 Å². The third-order valence-electron chi connectivity index (χ3n) is 8.93. The third kappa shape index (κ3) is 3.10. The Morgan fingerprint density at radius 1 is 1.06 bits per heavy atom. The minimum Gasteiger partial charge on any atom is -0.326 e. The lowest BCUT2D eigenvalue weighted by Crippen LogP contribution is -2.57. The van der Waals surface area contributed by atoms with Crippen molar-refractivity contribution in [3.8, 4) is 6.07 Å². The fraction of sp³-hybridized carbons (Fsp3) is 0.464. The van der Waals surface area contributed by atoms with Gasteiger partial charge >= 0.3 is 0 Å². The molecular weight excluding hydrogens is 438 g/mol. The number of rotatable bonds is 4. The van der Waals surface area contributed by atoms with Crippen molar-refractivity contribution in [1.82, 2.24) is 14.7 Å². The molecule has 2 amide bonds. The van der Waals surface area contributed by atoms with Crippen LogP contribution in [0.4, 0.5) is 0 Å². The normalized spacial score (nSPS) is 31.7. The molecule has 35 heavy (non-hydrogen) atoms. The van der Waals surface area contributed by atoms with Crippen molar-refractivity contribution in [2.45, 2.75) is 61.9 Å². The maximum Gasteiger partial charge on any atom is 0.242 e. The molecule has 6 atom stereocenters. The Morgan fingerprint density at radius 3 is 2.40 bits per heavy atom. The van der Waals surface area contributed by atoms with Crippen molar-refractivity contribution in [3.05, 3.63) is 70.8 Å². The Morgan fingerprint density at radius 2 is 1.74 bits per heavy atom. The number of likely N-dealkylation sites (tertiary alicyclic amines) is 3. The zero-order valence-corrected chi connectivity index (χ0v) is 19.6. The van der Waals surface area contributed by atoms with Gasteiger partial charge in [0.15, 0.2) is 0 Å². The second-order valence-electron chi connectivity index (χ2n) is 10.9. The predicted molar refractivity (Wildman–Crippen MR) is 129 cm³/mol. The lowest BCUT2D eigenvalue weighted by Gasteiger charge is -2.42. The van der Waals surface area contributed by atoms with Crippen molar-refractivity contribution in [3.63, 3.8) is 0 Å². The SMILES string of the molecule is N#CC1C[C@@H]2C[C@@H]2N1C(=O)C(N)CN1CC2C[C@H]1C(=O)N2C1c2ccccc2Cc2ccccc21. The average Bonchev–Trinajstić information content (AvgIpc) is 3.19. The van der Waals surface area contributed by atoms with Crippen LogP contribution in [0.25, 0.3) is 0 Å². The minimum atomic E-state index is -0.707. The highest BCUT2D eigenvalue weighted by molar-refractivity contribution is 5.88. The number of nitrogens with zero attached hydrogens (tertiary/aromatic N) is 4. The second kappa shape index (κ2) is 7.64. The third-order valence-corrected chi connectivity index (χ3v) is 8.93. The van der Waals surface area contributed by atoms with Crippen LogP contribution in [0.2, 0.25) is 0 Å².